The van der Waals surface area contributed by atoms with Gasteiger partial charge in [-0.15, -0.1) is 0 Å². The fourth-order valence-corrected chi connectivity index (χ4v) is 3.37. The lowest BCUT2D eigenvalue weighted by atomic mass is 10.1. The molecule has 0 saturated heterocycles. The first-order chi connectivity index (χ1) is 9.61. The van der Waals surface area contributed by atoms with Crippen LogP contribution in [0.4, 0.5) is 0 Å². The van der Waals surface area contributed by atoms with Gasteiger partial charge in [-0.1, -0.05) is 60.7 Å². The maximum atomic E-state index is 12.2. The van der Waals surface area contributed by atoms with Gasteiger partial charge in [-0.25, -0.2) is 13.1 Å². The average Bonchev–Trinajstić information content (AvgIpc) is 2.46. The summed E-state index contributed by atoms with van der Waals surface area (Å²) in [5.74, 6) is -0.0445. The number of nitrogens with two attached hydrogens (primary N) is 1. The third-order valence-electron chi connectivity index (χ3n) is 2.96. The van der Waals surface area contributed by atoms with Gasteiger partial charge < -0.3 is 5.73 Å². The average molecular weight is 290 g/mol. The monoisotopic (exact) mass is 290 g/mol. The molecule has 2 aromatic rings. The van der Waals surface area contributed by atoms with E-state index in [4.69, 9.17) is 5.73 Å². The Labute approximate surface area is 119 Å². The van der Waals surface area contributed by atoms with Crippen molar-refractivity contribution in [1.82, 2.24) is 4.72 Å². The van der Waals surface area contributed by atoms with Gasteiger partial charge in [0.05, 0.1) is 11.8 Å². The van der Waals surface area contributed by atoms with E-state index in [0.29, 0.717) is 0 Å². The van der Waals surface area contributed by atoms with Gasteiger partial charge in [-0.05, 0) is 11.1 Å². The zero-order valence-corrected chi connectivity index (χ0v) is 11.9. The Morgan fingerprint density at radius 2 is 1.50 bits per heavy atom. The molecule has 0 aliphatic heterocycles. The summed E-state index contributed by atoms with van der Waals surface area (Å²) >= 11 is 0. The molecule has 4 nitrogen and oxygen atoms in total. The molecule has 1 unspecified atom stereocenters. The van der Waals surface area contributed by atoms with E-state index in [-0.39, 0.29) is 12.3 Å². The van der Waals surface area contributed by atoms with E-state index < -0.39 is 16.1 Å². The number of hydrogen-bond acceptors (Lipinski definition) is 3. The summed E-state index contributed by atoms with van der Waals surface area (Å²) in [7, 11) is -3.42. The second kappa shape index (κ2) is 6.65. The van der Waals surface area contributed by atoms with E-state index in [1.807, 2.05) is 48.5 Å². The van der Waals surface area contributed by atoms with Crippen molar-refractivity contribution in [2.75, 3.05) is 6.54 Å². The molecule has 0 heterocycles. The maximum absolute atomic E-state index is 12.2. The van der Waals surface area contributed by atoms with Crippen molar-refractivity contribution < 1.29 is 8.42 Å². The van der Waals surface area contributed by atoms with Gasteiger partial charge >= 0.3 is 0 Å². The topological polar surface area (TPSA) is 72.2 Å². The standard InChI is InChI=1S/C15H18N2O2S/c16-11-15(14-9-5-2-6-10-14)17-20(18,19)12-13-7-3-1-4-8-13/h1-10,15,17H,11-12,16H2. The molecule has 20 heavy (non-hydrogen) atoms. The molecule has 0 aliphatic rings. The van der Waals surface area contributed by atoms with Crippen molar-refractivity contribution in [3.63, 3.8) is 0 Å². The number of rotatable bonds is 6. The molecule has 2 rings (SSSR count). The first-order valence-electron chi connectivity index (χ1n) is 6.39. The van der Waals surface area contributed by atoms with E-state index in [1.165, 1.54) is 0 Å². The van der Waals surface area contributed by atoms with Crippen LogP contribution in [0.5, 0.6) is 0 Å². The molecule has 106 valence electrons. The summed E-state index contributed by atoms with van der Waals surface area (Å²) in [6.07, 6.45) is 0. The highest BCUT2D eigenvalue weighted by molar-refractivity contribution is 7.88. The van der Waals surface area contributed by atoms with Crippen LogP contribution in [0.2, 0.25) is 0 Å². The van der Waals surface area contributed by atoms with E-state index in [0.717, 1.165) is 11.1 Å². The van der Waals surface area contributed by atoms with Crippen molar-refractivity contribution in [2.45, 2.75) is 11.8 Å². The Morgan fingerprint density at radius 1 is 0.950 bits per heavy atom. The molecule has 3 N–H and O–H groups in total. The Kier molecular flexibility index (Phi) is 4.89. The molecule has 5 heteroatoms. The van der Waals surface area contributed by atoms with Crippen molar-refractivity contribution in [2.24, 2.45) is 5.73 Å². The summed E-state index contributed by atoms with van der Waals surface area (Å²) in [6, 6.07) is 18.0. The number of hydrogen-bond donors (Lipinski definition) is 2. The van der Waals surface area contributed by atoms with E-state index in [1.54, 1.807) is 12.1 Å². The van der Waals surface area contributed by atoms with Crippen LogP contribution in [0.3, 0.4) is 0 Å². The number of sulfonamides is 1. The summed E-state index contributed by atoms with van der Waals surface area (Å²) in [4.78, 5) is 0. The van der Waals surface area contributed by atoms with E-state index in [9.17, 15) is 8.42 Å². The SMILES string of the molecule is NCC(NS(=O)(=O)Cc1ccccc1)c1ccccc1. The molecule has 0 aliphatic carbocycles. The molecule has 0 aromatic heterocycles. The van der Waals surface area contributed by atoms with Crippen LogP contribution in [-0.2, 0) is 15.8 Å². The molecule has 0 radical (unpaired) electrons. The molecule has 2 aromatic carbocycles. The second-order valence-electron chi connectivity index (χ2n) is 4.56. The molecule has 0 amide bonds. The minimum atomic E-state index is -3.42. The Bertz CT molecular complexity index is 627. The van der Waals surface area contributed by atoms with Crippen molar-refractivity contribution in [3.05, 3.63) is 71.8 Å². The van der Waals surface area contributed by atoms with Crippen LogP contribution in [0.25, 0.3) is 0 Å². The normalized spacial score (nSPS) is 13.1. The smallest absolute Gasteiger partial charge is 0.216 e. The largest absolute Gasteiger partial charge is 0.329 e. The predicted molar refractivity (Wildman–Crippen MR) is 80.4 cm³/mol. The van der Waals surface area contributed by atoms with Crippen LogP contribution in [0.15, 0.2) is 60.7 Å². The number of benzene rings is 2. The van der Waals surface area contributed by atoms with Crippen LogP contribution >= 0.6 is 0 Å². The van der Waals surface area contributed by atoms with Crippen LogP contribution in [-0.4, -0.2) is 15.0 Å². The highest BCUT2D eigenvalue weighted by Gasteiger charge is 2.18. The third-order valence-corrected chi connectivity index (χ3v) is 4.32. The van der Waals surface area contributed by atoms with Gasteiger partial charge in [0.25, 0.3) is 0 Å². The highest BCUT2D eigenvalue weighted by atomic mass is 32.2. The van der Waals surface area contributed by atoms with Crippen molar-refractivity contribution in [1.29, 1.82) is 0 Å². The zero-order chi connectivity index (χ0) is 14.4. The quantitative estimate of drug-likeness (QED) is 0.852. The fourth-order valence-electron chi connectivity index (χ4n) is 1.99. The minimum absolute atomic E-state index is 0.0445. The van der Waals surface area contributed by atoms with Crippen LogP contribution in [0.1, 0.15) is 17.2 Å². The summed E-state index contributed by atoms with van der Waals surface area (Å²) in [5, 5.41) is 0. The number of nitrogens with one attached hydrogen (secondary N) is 1. The lowest BCUT2D eigenvalue weighted by Gasteiger charge is -2.17. The molecular weight excluding hydrogens is 272 g/mol. The van der Waals surface area contributed by atoms with Gasteiger partial charge in [-0.2, -0.15) is 0 Å². The second-order valence-corrected chi connectivity index (χ2v) is 6.32. The van der Waals surface area contributed by atoms with Crippen molar-refractivity contribution >= 4 is 10.0 Å². The van der Waals surface area contributed by atoms with Gasteiger partial charge in [0.15, 0.2) is 0 Å². The van der Waals surface area contributed by atoms with E-state index in [2.05, 4.69) is 4.72 Å². The molecule has 0 bridgehead atoms. The lowest BCUT2D eigenvalue weighted by molar-refractivity contribution is 0.557. The minimum Gasteiger partial charge on any atom is -0.329 e. The van der Waals surface area contributed by atoms with Crippen LogP contribution < -0.4 is 10.5 Å². The Hall–Kier alpha value is -1.69. The highest BCUT2D eigenvalue weighted by Crippen LogP contribution is 2.14. The predicted octanol–water partition coefficient (Wildman–Crippen LogP) is 1.81. The Morgan fingerprint density at radius 3 is 2.05 bits per heavy atom. The first-order valence-corrected chi connectivity index (χ1v) is 8.05. The lowest BCUT2D eigenvalue weighted by Crippen LogP contribution is -2.34. The zero-order valence-electron chi connectivity index (χ0n) is 11.1. The van der Waals surface area contributed by atoms with E-state index >= 15 is 0 Å². The Balaban J connectivity index is 2.11. The molecule has 1 atom stereocenters. The molecular formula is C15H18N2O2S. The molecule has 0 fully saturated rings. The molecule has 0 spiro atoms. The summed E-state index contributed by atoms with van der Waals surface area (Å²) in [6.45, 7) is 0.220. The van der Waals surface area contributed by atoms with Crippen molar-refractivity contribution in [3.8, 4) is 0 Å². The molecule has 0 saturated carbocycles. The maximum Gasteiger partial charge on any atom is 0.216 e. The van der Waals surface area contributed by atoms with Gasteiger partial charge in [-0.3, -0.25) is 0 Å². The van der Waals surface area contributed by atoms with Crippen LogP contribution in [0, 0.1) is 0 Å². The fraction of sp³-hybridized carbons (Fsp3) is 0.200. The summed E-state index contributed by atoms with van der Waals surface area (Å²) < 4.78 is 27.0. The van der Waals surface area contributed by atoms with Gasteiger partial charge in [0, 0.05) is 6.54 Å². The third kappa shape index (κ3) is 4.16. The van der Waals surface area contributed by atoms with Gasteiger partial charge in [0.2, 0.25) is 10.0 Å². The van der Waals surface area contributed by atoms with Gasteiger partial charge in [0.1, 0.15) is 0 Å². The first kappa shape index (κ1) is 14.7. The summed E-state index contributed by atoms with van der Waals surface area (Å²) in [5.41, 5.74) is 7.30.